The minimum atomic E-state index is -0.251. The molecule has 1 aliphatic rings. The zero-order valence-corrected chi connectivity index (χ0v) is 11.1. The Bertz CT molecular complexity index is 363. The number of nitrogens with one attached hydrogen (secondary N) is 1. The fourth-order valence-corrected chi connectivity index (χ4v) is 2.90. The smallest absolute Gasteiger partial charge is 0.129 e. The van der Waals surface area contributed by atoms with Gasteiger partial charge >= 0.3 is 0 Å². The molecule has 1 aromatic carbocycles. The number of benzene rings is 1. The van der Waals surface area contributed by atoms with Crippen LogP contribution in [0.4, 0.5) is 4.39 Å². The van der Waals surface area contributed by atoms with Gasteiger partial charge in [0, 0.05) is 22.5 Å². The standard InChI is InChI=1S/C13H16Cl2FN/c14-11-4-1-3-9(11)7-17-8-10-12(15)5-2-6-13(10)16/h2,5-6,9,11,17H,1,3-4,7-8H2. The SMILES string of the molecule is Fc1cccc(Cl)c1CNCC1CCCC1Cl. The summed E-state index contributed by atoms with van der Waals surface area (Å²) in [4.78, 5) is 0. The number of hydrogen-bond acceptors (Lipinski definition) is 1. The van der Waals surface area contributed by atoms with E-state index in [-0.39, 0.29) is 11.2 Å². The van der Waals surface area contributed by atoms with Gasteiger partial charge in [0.25, 0.3) is 0 Å². The first-order chi connectivity index (χ1) is 8.18. The molecular formula is C13H16Cl2FN. The lowest BCUT2D eigenvalue weighted by Gasteiger charge is -2.15. The lowest BCUT2D eigenvalue weighted by Crippen LogP contribution is -2.25. The minimum absolute atomic E-state index is 0.251. The van der Waals surface area contributed by atoms with Gasteiger partial charge in [-0.2, -0.15) is 0 Å². The summed E-state index contributed by atoms with van der Waals surface area (Å²) in [5.74, 6) is 0.251. The Kier molecular flexibility index (Phi) is 4.66. The Hall–Kier alpha value is -0.310. The Labute approximate surface area is 111 Å². The number of halogens is 3. The van der Waals surface area contributed by atoms with Crippen molar-refractivity contribution in [1.82, 2.24) is 5.32 Å². The zero-order chi connectivity index (χ0) is 12.3. The van der Waals surface area contributed by atoms with E-state index in [0.717, 1.165) is 19.4 Å². The van der Waals surface area contributed by atoms with Crippen LogP contribution in [0.5, 0.6) is 0 Å². The van der Waals surface area contributed by atoms with Gasteiger partial charge in [0.2, 0.25) is 0 Å². The van der Waals surface area contributed by atoms with Gasteiger partial charge in [-0.3, -0.25) is 0 Å². The second-order valence-corrected chi connectivity index (χ2v) is 5.51. The van der Waals surface area contributed by atoms with Crippen LogP contribution in [0, 0.1) is 11.7 Å². The Balaban J connectivity index is 1.86. The highest BCUT2D eigenvalue weighted by Crippen LogP contribution is 2.29. The van der Waals surface area contributed by atoms with Crippen molar-refractivity contribution in [1.29, 1.82) is 0 Å². The van der Waals surface area contributed by atoms with Crippen LogP contribution in [0.25, 0.3) is 0 Å². The zero-order valence-electron chi connectivity index (χ0n) is 9.56. The number of rotatable bonds is 4. The monoisotopic (exact) mass is 275 g/mol. The molecule has 1 saturated carbocycles. The largest absolute Gasteiger partial charge is 0.312 e. The molecule has 0 amide bonds. The molecule has 0 spiro atoms. The molecule has 0 aliphatic heterocycles. The van der Waals surface area contributed by atoms with Crippen molar-refractivity contribution in [2.45, 2.75) is 31.2 Å². The summed E-state index contributed by atoms with van der Waals surface area (Å²) in [7, 11) is 0. The summed E-state index contributed by atoms with van der Waals surface area (Å²) in [5.41, 5.74) is 0.540. The van der Waals surface area contributed by atoms with E-state index in [1.807, 2.05) is 0 Å². The molecule has 2 unspecified atom stereocenters. The summed E-state index contributed by atoms with van der Waals surface area (Å²) >= 11 is 12.1. The highest BCUT2D eigenvalue weighted by atomic mass is 35.5. The topological polar surface area (TPSA) is 12.0 Å². The highest BCUT2D eigenvalue weighted by molar-refractivity contribution is 6.31. The van der Waals surface area contributed by atoms with Gasteiger partial charge in [0.15, 0.2) is 0 Å². The second-order valence-electron chi connectivity index (χ2n) is 4.54. The third kappa shape index (κ3) is 3.34. The van der Waals surface area contributed by atoms with Crippen molar-refractivity contribution in [3.8, 4) is 0 Å². The molecule has 1 aromatic rings. The minimum Gasteiger partial charge on any atom is -0.312 e. The molecule has 0 radical (unpaired) electrons. The van der Waals surface area contributed by atoms with E-state index in [0.29, 0.717) is 23.0 Å². The van der Waals surface area contributed by atoms with Crippen molar-refractivity contribution >= 4 is 23.2 Å². The molecule has 1 N–H and O–H groups in total. The fraction of sp³-hybridized carbons (Fsp3) is 0.538. The van der Waals surface area contributed by atoms with E-state index in [4.69, 9.17) is 23.2 Å². The molecule has 0 bridgehead atoms. The van der Waals surface area contributed by atoms with Crippen LogP contribution in [0.1, 0.15) is 24.8 Å². The lowest BCUT2D eigenvalue weighted by atomic mass is 10.1. The number of alkyl halides is 1. The third-order valence-corrected chi connectivity index (χ3v) is 4.26. The van der Waals surface area contributed by atoms with E-state index in [1.54, 1.807) is 12.1 Å². The van der Waals surface area contributed by atoms with Crippen LogP contribution in [-0.4, -0.2) is 11.9 Å². The predicted molar refractivity (Wildman–Crippen MR) is 70.1 cm³/mol. The first kappa shape index (κ1) is 13.1. The van der Waals surface area contributed by atoms with Crippen molar-refractivity contribution in [2.24, 2.45) is 5.92 Å². The normalized spacial score (nSPS) is 24.2. The maximum atomic E-state index is 13.5. The molecule has 1 fully saturated rings. The molecule has 17 heavy (non-hydrogen) atoms. The molecule has 2 rings (SSSR count). The van der Waals surface area contributed by atoms with Crippen LogP contribution in [0.2, 0.25) is 5.02 Å². The van der Waals surface area contributed by atoms with E-state index in [1.165, 1.54) is 12.5 Å². The summed E-state index contributed by atoms with van der Waals surface area (Å²) < 4.78 is 13.5. The van der Waals surface area contributed by atoms with Crippen LogP contribution in [0.3, 0.4) is 0 Å². The van der Waals surface area contributed by atoms with Gasteiger partial charge in [-0.15, -0.1) is 11.6 Å². The summed E-state index contributed by atoms with van der Waals surface area (Å²) in [6, 6.07) is 4.76. The molecular weight excluding hydrogens is 260 g/mol. The Morgan fingerprint density at radius 3 is 2.82 bits per heavy atom. The average Bonchev–Trinajstić information content (AvgIpc) is 2.69. The molecule has 0 heterocycles. The quantitative estimate of drug-likeness (QED) is 0.820. The highest BCUT2D eigenvalue weighted by Gasteiger charge is 2.24. The predicted octanol–water partition coefficient (Wildman–Crippen LogP) is 3.98. The van der Waals surface area contributed by atoms with Crippen molar-refractivity contribution in [3.05, 3.63) is 34.6 Å². The van der Waals surface area contributed by atoms with E-state index in [2.05, 4.69) is 5.32 Å². The molecule has 1 aliphatic carbocycles. The maximum Gasteiger partial charge on any atom is 0.129 e. The van der Waals surface area contributed by atoms with Gasteiger partial charge in [0.05, 0.1) is 0 Å². The van der Waals surface area contributed by atoms with Crippen LogP contribution in [-0.2, 0) is 6.54 Å². The van der Waals surface area contributed by atoms with E-state index in [9.17, 15) is 4.39 Å². The van der Waals surface area contributed by atoms with Gasteiger partial charge < -0.3 is 5.32 Å². The van der Waals surface area contributed by atoms with Crippen LogP contribution < -0.4 is 5.32 Å². The van der Waals surface area contributed by atoms with Crippen molar-refractivity contribution in [2.75, 3.05) is 6.54 Å². The molecule has 2 atom stereocenters. The summed E-state index contributed by atoms with van der Waals surface area (Å²) in [6.45, 7) is 1.30. The van der Waals surface area contributed by atoms with Gasteiger partial charge in [-0.05, 0) is 37.4 Å². The average molecular weight is 276 g/mol. The first-order valence-electron chi connectivity index (χ1n) is 5.96. The van der Waals surface area contributed by atoms with Crippen molar-refractivity contribution in [3.63, 3.8) is 0 Å². The summed E-state index contributed by atoms with van der Waals surface area (Å²) in [5, 5.41) is 3.99. The molecule has 0 aromatic heterocycles. The number of hydrogen-bond donors (Lipinski definition) is 1. The molecule has 0 saturated heterocycles. The van der Waals surface area contributed by atoms with E-state index >= 15 is 0 Å². The van der Waals surface area contributed by atoms with E-state index < -0.39 is 0 Å². The van der Waals surface area contributed by atoms with Crippen LogP contribution >= 0.6 is 23.2 Å². The first-order valence-corrected chi connectivity index (χ1v) is 6.77. The van der Waals surface area contributed by atoms with Gasteiger partial charge in [0.1, 0.15) is 5.82 Å². The maximum absolute atomic E-state index is 13.5. The molecule has 4 heteroatoms. The van der Waals surface area contributed by atoms with Crippen LogP contribution in [0.15, 0.2) is 18.2 Å². The molecule has 94 valence electrons. The fourth-order valence-electron chi connectivity index (χ4n) is 2.31. The third-order valence-electron chi connectivity index (χ3n) is 3.34. The Morgan fingerprint density at radius 1 is 1.35 bits per heavy atom. The van der Waals surface area contributed by atoms with Crippen molar-refractivity contribution < 1.29 is 4.39 Å². The Morgan fingerprint density at radius 2 is 2.18 bits per heavy atom. The van der Waals surface area contributed by atoms with Gasteiger partial charge in [-0.25, -0.2) is 4.39 Å². The summed E-state index contributed by atoms with van der Waals surface area (Å²) in [6.07, 6.45) is 3.45. The lowest BCUT2D eigenvalue weighted by molar-refractivity contribution is 0.487. The molecule has 1 nitrogen and oxygen atoms in total. The second kappa shape index (κ2) is 6.03. The van der Waals surface area contributed by atoms with Gasteiger partial charge in [-0.1, -0.05) is 24.1 Å².